The Balaban J connectivity index is 2.23. The first-order chi connectivity index (χ1) is 15.0. The standard InChI is InChI=1S/C25H23O4PS/c1-29-20-17-18-24(25(19-20)31(26,27)28)30(21-11-5-2-6-12-21,22-13-7-3-8-14-22)23-15-9-4-10-16-23/h2-19,30H,1H3,(H,26,27,28). The van der Waals surface area contributed by atoms with Crippen LogP contribution in [0.25, 0.3) is 0 Å². The van der Waals surface area contributed by atoms with Gasteiger partial charge in [-0.2, -0.15) is 0 Å². The van der Waals surface area contributed by atoms with E-state index >= 15 is 0 Å². The Labute approximate surface area is 183 Å². The van der Waals surface area contributed by atoms with Crippen molar-refractivity contribution >= 4 is 38.6 Å². The van der Waals surface area contributed by atoms with E-state index in [1.165, 1.54) is 13.2 Å². The van der Waals surface area contributed by atoms with E-state index in [0.717, 1.165) is 15.9 Å². The zero-order chi connectivity index (χ0) is 21.9. The van der Waals surface area contributed by atoms with Gasteiger partial charge in [0.1, 0.15) is 0 Å². The van der Waals surface area contributed by atoms with E-state index in [0.29, 0.717) is 11.1 Å². The van der Waals surface area contributed by atoms with Gasteiger partial charge in [0.05, 0.1) is 0 Å². The minimum absolute atomic E-state index is 0.130. The van der Waals surface area contributed by atoms with Crippen LogP contribution in [0.1, 0.15) is 0 Å². The molecule has 4 rings (SSSR count). The van der Waals surface area contributed by atoms with E-state index in [1.54, 1.807) is 12.1 Å². The molecule has 158 valence electrons. The Kier molecular flexibility index (Phi) is 5.92. The zero-order valence-electron chi connectivity index (χ0n) is 17.0. The van der Waals surface area contributed by atoms with Crippen LogP contribution >= 0.6 is 7.26 Å². The molecule has 0 fully saturated rings. The van der Waals surface area contributed by atoms with Gasteiger partial charge in [-0.15, -0.1) is 0 Å². The molecule has 0 amide bonds. The summed E-state index contributed by atoms with van der Waals surface area (Å²) in [5.41, 5.74) is 0. The van der Waals surface area contributed by atoms with E-state index in [-0.39, 0.29) is 4.90 Å². The molecule has 0 radical (unpaired) electrons. The van der Waals surface area contributed by atoms with Crippen LogP contribution in [0.5, 0.6) is 5.75 Å². The molecule has 0 saturated carbocycles. The van der Waals surface area contributed by atoms with Crippen molar-refractivity contribution in [3.05, 3.63) is 109 Å². The second-order valence-corrected chi connectivity index (χ2v) is 12.3. The number of ether oxygens (including phenoxy) is 1. The van der Waals surface area contributed by atoms with E-state index in [2.05, 4.69) is 0 Å². The van der Waals surface area contributed by atoms with Crippen molar-refractivity contribution in [3.63, 3.8) is 0 Å². The van der Waals surface area contributed by atoms with Gasteiger partial charge in [-0.1, -0.05) is 0 Å². The molecular formula is C25H23O4PS. The third-order valence-electron chi connectivity index (χ3n) is 5.49. The molecule has 0 unspecified atom stereocenters. The quantitative estimate of drug-likeness (QED) is 0.362. The first kappa shape index (κ1) is 21.3. The van der Waals surface area contributed by atoms with E-state index in [9.17, 15) is 13.0 Å². The summed E-state index contributed by atoms with van der Waals surface area (Å²) in [6, 6.07) is 34.7. The van der Waals surface area contributed by atoms with E-state index < -0.39 is 17.4 Å². The summed E-state index contributed by atoms with van der Waals surface area (Å²) >= 11 is 0. The Morgan fingerprint density at radius 3 is 1.45 bits per heavy atom. The third-order valence-corrected chi connectivity index (χ3v) is 11.4. The van der Waals surface area contributed by atoms with Gasteiger partial charge in [-0.25, -0.2) is 0 Å². The van der Waals surface area contributed by atoms with Gasteiger partial charge < -0.3 is 0 Å². The average molecular weight is 450 g/mol. The molecule has 6 heteroatoms. The van der Waals surface area contributed by atoms with Crippen LogP contribution in [0.2, 0.25) is 0 Å². The van der Waals surface area contributed by atoms with Gasteiger partial charge in [0.15, 0.2) is 0 Å². The molecule has 4 nitrogen and oxygen atoms in total. The Morgan fingerprint density at radius 2 is 1.10 bits per heavy atom. The predicted molar refractivity (Wildman–Crippen MR) is 129 cm³/mol. The molecule has 4 aromatic carbocycles. The minimum atomic E-state index is -4.52. The molecule has 0 aromatic heterocycles. The van der Waals surface area contributed by atoms with Crippen molar-refractivity contribution in [3.8, 4) is 5.75 Å². The fraction of sp³-hybridized carbons (Fsp3) is 0.0400. The van der Waals surface area contributed by atoms with Gasteiger partial charge in [0, 0.05) is 0 Å². The summed E-state index contributed by atoms with van der Waals surface area (Å²) in [5, 5.41) is 3.63. The molecule has 0 spiro atoms. The molecule has 0 aliphatic heterocycles. The molecule has 0 aliphatic carbocycles. The van der Waals surface area contributed by atoms with Crippen LogP contribution in [0, 0.1) is 0 Å². The summed E-state index contributed by atoms with van der Waals surface area (Å²) in [5.74, 6) is 0.369. The van der Waals surface area contributed by atoms with Crippen molar-refractivity contribution in [2.45, 2.75) is 4.90 Å². The van der Waals surface area contributed by atoms with Crippen LogP contribution in [0.4, 0.5) is 0 Å². The summed E-state index contributed by atoms with van der Waals surface area (Å²) < 4.78 is 40.7. The van der Waals surface area contributed by atoms with Gasteiger partial charge in [-0.3, -0.25) is 0 Å². The summed E-state index contributed by atoms with van der Waals surface area (Å²) in [6.07, 6.45) is 0. The average Bonchev–Trinajstić information content (AvgIpc) is 2.81. The number of hydrogen-bond donors (Lipinski definition) is 1. The summed E-state index contributed by atoms with van der Waals surface area (Å²) in [4.78, 5) is -0.130. The Hall–Kier alpha value is -2.98. The second kappa shape index (κ2) is 8.64. The number of rotatable bonds is 6. The first-order valence-corrected chi connectivity index (χ1v) is 13.2. The molecule has 0 atom stereocenters. The van der Waals surface area contributed by atoms with Gasteiger partial charge in [-0.05, 0) is 0 Å². The zero-order valence-corrected chi connectivity index (χ0v) is 18.8. The van der Waals surface area contributed by atoms with Crippen LogP contribution in [0.3, 0.4) is 0 Å². The van der Waals surface area contributed by atoms with Gasteiger partial charge >= 0.3 is 183 Å². The first-order valence-electron chi connectivity index (χ1n) is 9.80. The molecule has 0 saturated heterocycles. The van der Waals surface area contributed by atoms with Crippen LogP contribution in [-0.4, -0.2) is 20.1 Å². The van der Waals surface area contributed by atoms with Crippen LogP contribution in [0.15, 0.2) is 114 Å². The topological polar surface area (TPSA) is 63.6 Å². The van der Waals surface area contributed by atoms with Crippen LogP contribution < -0.4 is 26.0 Å². The molecule has 0 bridgehead atoms. The second-order valence-electron chi connectivity index (χ2n) is 7.19. The number of benzene rings is 4. The van der Waals surface area contributed by atoms with Crippen molar-refractivity contribution in [2.24, 2.45) is 0 Å². The molecule has 4 aromatic rings. The Bertz CT molecular complexity index is 1180. The molecule has 1 N–H and O–H groups in total. The van der Waals surface area contributed by atoms with Crippen LogP contribution in [-0.2, 0) is 10.1 Å². The third kappa shape index (κ3) is 3.88. The maximum atomic E-state index is 12.6. The number of hydrogen-bond acceptors (Lipinski definition) is 3. The monoisotopic (exact) mass is 450 g/mol. The van der Waals surface area contributed by atoms with Crippen molar-refractivity contribution in [1.82, 2.24) is 0 Å². The Morgan fingerprint density at radius 1 is 0.677 bits per heavy atom. The molecular weight excluding hydrogens is 427 g/mol. The molecule has 31 heavy (non-hydrogen) atoms. The predicted octanol–water partition coefficient (Wildman–Crippen LogP) is 3.29. The fourth-order valence-corrected chi connectivity index (χ4v) is 10.4. The molecule has 0 aliphatic rings. The molecule has 0 heterocycles. The summed E-state index contributed by atoms with van der Waals surface area (Å²) in [6.45, 7) is 0. The van der Waals surface area contributed by atoms with Crippen molar-refractivity contribution < 1.29 is 17.7 Å². The van der Waals surface area contributed by atoms with Crippen molar-refractivity contribution in [1.29, 1.82) is 0 Å². The van der Waals surface area contributed by atoms with Gasteiger partial charge in [0.2, 0.25) is 0 Å². The fourth-order valence-electron chi connectivity index (χ4n) is 4.18. The van der Waals surface area contributed by atoms with E-state index in [4.69, 9.17) is 4.74 Å². The van der Waals surface area contributed by atoms with E-state index in [1.807, 2.05) is 91.0 Å². The maximum absolute atomic E-state index is 12.6. The normalized spacial score (nSPS) is 12.3. The summed E-state index contributed by atoms with van der Waals surface area (Å²) in [7, 11) is -6.13. The SMILES string of the molecule is COc1ccc([PH](c2ccccc2)(c2ccccc2)c2ccccc2)c(S(=O)(=O)O)c1. The number of methoxy groups -OCH3 is 1. The van der Waals surface area contributed by atoms with Crippen molar-refractivity contribution in [2.75, 3.05) is 7.11 Å². The van der Waals surface area contributed by atoms with Gasteiger partial charge in [0.25, 0.3) is 0 Å².